The summed E-state index contributed by atoms with van der Waals surface area (Å²) in [5.41, 5.74) is 6.94. The minimum absolute atomic E-state index is 0.108. The molecule has 1 saturated heterocycles. The Morgan fingerprint density at radius 3 is 2.54 bits per heavy atom. The maximum atomic E-state index is 12.3. The highest BCUT2D eigenvalue weighted by atomic mass is 35.5. The lowest BCUT2D eigenvalue weighted by atomic mass is 10.1. The van der Waals surface area contributed by atoms with Crippen LogP contribution in [0.1, 0.15) is 22.3 Å². The Morgan fingerprint density at radius 1 is 1.12 bits per heavy atom. The number of aryl methyl sites for hydroxylation is 1. The van der Waals surface area contributed by atoms with Crippen LogP contribution in [-0.4, -0.2) is 24.3 Å². The molecule has 3 amide bonds. The minimum Gasteiger partial charge on any atom is -0.312 e. The van der Waals surface area contributed by atoms with Gasteiger partial charge in [-0.15, -0.1) is 0 Å². The fraction of sp³-hybridized carbons (Fsp3) is 0.211. The van der Waals surface area contributed by atoms with Crippen LogP contribution in [0.15, 0.2) is 48.5 Å². The molecule has 0 aliphatic carbocycles. The number of hydrogen-bond acceptors (Lipinski definition) is 3. The molecule has 0 radical (unpaired) electrons. The predicted molar refractivity (Wildman–Crippen MR) is 98.7 cm³/mol. The lowest BCUT2D eigenvalue weighted by Gasteiger charge is -2.17. The Bertz CT molecular complexity index is 851. The molecule has 134 valence electrons. The summed E-state index contributed by atoms with van der Waals surface area (Å²) in [6, 6.07) is 13.9. The molecule has 0 unspecified atom stereocenters. The van der Waals surface area contributed by atoms with E-state index in [0.717, 1.165) is 11.3 Å². The minimum atomic E-state index is -0.520. The Kier molecular flexibility index (Phi) is 5.23. The molecule has 2 aromatic rings. The van der Waals surface area contributed by atoms with Crippen LogP contribution in [0.5, 0.6) is 0 Å². The van der Waals surface area contributed by atoms with Gasteiger partial charge in [-0.2, -0.15) is 0 Å². The molecule has 2 aromatic carbocycles. The van der Waals surface area contributed by atoms with Crippen LogP contribution in [0.3, 0.4) is 0 Å². The van der Waals surface area contributed by atoms with E-state index < -0.39 is 17.7 Å². The maximum absolute atomic E-state index is 12.3. The van der Waals surface area contributed by atoms with Gasteiger partial charge in [0, 0.05) is 29.2 Å². The monoisotopic (exact) mass is 371 g/mol. The van der Waals surface area contributed by atoms with Crippen LogP contribution in [0, 0.1) is 12.8 Å². The van der Waals surface area contributed by atoms with Crippen LogP contribution in [0.2, 0.25) is 5.02 Å². The number of benzene rings is 2. The zero-order chi connectivity index (χ0) is 18.7. The summed E-state index contributed by atoms with van der Waals surface area (Å²) in [7, 11) is 0. The van der Waals surface area contributed by atoms with Gasteiger partial charge in [0.05, 0.1) is 5.92 Å². The average molecular weight is 372 g/mol. The number of anilines is 1. The molecule has 1 heterocycles. The van der Waals surface area contributed by atoms with Crippen LogP contribution in [0.25, 0.3) is 0 Å². The Hall–Kier alpha value is -2.86. The first kappa shape index (κ1) is 17.9. The van der Waals surface area contributed by atoms with E-state index in [0.29, 0.717) is 10.6 Å². The zero-order valence-electron chi connectivity index (χ0n) is 14.2. The van der Waals surface area contributed by atoms with E-state index in [1.807, 2.05) is 31.2 Å². The Balaban J connectivity index is 1.58. The van der Waals surface area contributed by atoms with E-state index in [9.17, 15) is 14.4 Å². The van der Waals surface area contributed by atoms with E-state index in [4.69, 9.17) is 11.6 Å². The van der Waals surface area contributed by atoms with E-state index in [1.54, 1.807) is 29.2 Å². The van der Waals surface area contributed by atoms with Crippen molar-refractivity contribution in [2.24, 2.45) is 5.92 Å². The Morgan fingerprint density at radius 2 is 1.85 bits per heavy atom. The highest BCUT2D eigenvalue weighted by molar-refractivity contribution is 6.30. The van der Waals surface area contributed by atoms with Gasteiger partial charge in [0.15, 0.2) is 0 Å². The molecule has 6 nitrogen and oxygen atoms in total. The first-order chi connectivity index (χ1) is 12.4. The third-order valence-corrected chi connectivity index (χ3v) is 4.47. The number of amides is 3. The molecule has 0 aromatic heterocycles. The fourth-order valence-electron chi connectivity index (χ4n) is 2.82. The summed E-state index contributed by atoms with van der Waals surface area (Å²) in [5, 5.41) is 0.520. The number of hydrazine groups is 1. The number of carbonyl (C=O) groups excluding carboxylic acids is 3. The second-order valence-electron chi connectivity index (χ2n) is 6.19. The lowest BCUT2D eigenvalue weighted by molar-refractivity contribution is -0.126. The summed E-state index contributed by atoms with van der Waals surface area (Å²) in [4.78, 5) is 38.1. The summed E-state index contributed by atoms with van der Waals surface area (Å²) < 4.78 is 0. The van der Waals surface area contributed by atoms with Gasteiger partial charge in [-0.1, -0.05) is 23.7 Å². The van der Waals surface area contributed by atoms with Crippen molar-refractivity contribution in [3.05, 3.63) is 64.7 Å². The van der Waals surface area contributed by atoms with Gasteiger partial charge in [0.25, 0.3) is 5.91 Å². The van der Waals surface area contributed by atoms with Gasteiger partial charge in [-0.3, -0.25) is 25.2 Å². The molecule has 0 bridgehead atoms. The third kappa shape index (κ3) is 4.03. The second kappa shape index (κ2) is 7.58. The quantitative estimate of drug-likeness (QED) is 0.813. The standard InChI is InChI=1S/C19H18ClN3O3/c1-12-3-2-4-16(9-12)23-11-14(10-17(23)24)19(26)22-21-18(25)13-5-7-15(20)8-6-13/h2-9,14H,10-11H2,1H3,(H,21,25)(H,22,26)/t14-/m0/s1. The first-order valence-electron chi connectivity index (χ1n) is 8.17. The predicted octanol–water partition coefficient (Wildman–Crippen LogP) is 2.46. The largest absolute Gasteiger partial charge is 0.312 e. The van der Waals surface area contributed by atoms with Crippen molar-refractivity contribution in [2.75, 3.05) is 11.4 Å². The van der Waals surface area contributed by atoms with Gasteiger partial charge in [-0.05, 0) is 48.9 Å². The van der Waals surface area contributed by atoms with Crippen LogP contribution < -0.4 is 15.8 Å². The zero-order valence-corrected chi connectivity index (χ0v) is 14.9. The summed E-state index contributed by atoms with van der Waals surface area (Å²) in [5.74, 6) is -1.47. The van der Waals surface area contributed by atoms with Crippen molar-refractivity contribution in [3.8, 4) is 0 Å². The van der Waals surface area contributed by atoms with E-state index in [-0.39, 0.29) is 18.9 Å². The molecule has 0 saturated carbocycles. The molecule has 1 fully saturated rings. The molecule has 1 atom stereocenters. The number of halogens is 1. The third-order valence-electron chi connectivity index (χ3n) is 4.21. The SMILES string of the molecule is Cc1cccc(N2C[C@@H](C(=O)NNC(=O)c3ccc(Cl)cc3)CC2=O)c1. The molecule has 1 aliphatic heterocycles. The first-order valence-corrected chi connectivity index (χ1v) is 8.54. The number of nitrogens with one attached hydrogen (secondary N) is 2. The number of carbonyl (C=O) groups is 3. The normalized spacial score (nSPS) is 16.5. The second-order valence-corrected chi connectivity index (χ2v) is 6.63. The van der Waals surface area contributed by atoms with Crippen molar-refractivity contribution >= 4 is 35.0 Å². The van der Waals surface area contributed by atoms with E-state index in [1.165, 1.54) is 0 Å². The van der Waals surface area contributed by atoms with Gasteiger partial charge < -0.3 is 4.90 Å². The van der Waals surface area contributed by atoms with E-state index >= 15 is 0 Å². The average Bonchev–Trinajstić information content (AvgIpc) is 3.02. The van der Waals surface area contributed by atoms with Gasteiger partial charge >= 0.3 is 0 Å². The summed E-state index contributed by atoms with van der Waals surface area (Å²) in [6.45, 7) is 2.23. The van der Waals surface area contributed by atoms with Gasteiger partial charge in [0.1, 0.15) is 0 Å². The maximum Gasteiger partial charge on any atom is 0.269 e. The number of rotatable bonds is 3. The van der Waals surface area contributed by atoms with Gasteiger partial charge in [-0.25, -0.2) is 0 Å². The summed E-state index contributed by atoms with van der Waals surface area (Å²) in [6.07, 6.45) is 0.108. The molecule has 0 spiro atoms. The van der Waals surface area contributed by atoms with Crippen molar-refractivity contribution in [2.45, 2.75) is 13.3 Å². The van der Waals surface area contributed by atoms with Crippen molar-refractivity contribution in [1.82, 2.24) is 10.9 Å². The molecular formula is C19H18ClN3O3. The summed E-state index contributed by atoms with van der Waals surface area (Å²) >= 11 is 5.78. The topological polar surface area (TPSA) is 78.5 Å². The number of nitrogens with zero attached hydrogens (tertiary/aromatic N) is 1. The van der Waals surface area contributed by atoms with Crippen LogP contribution >= 0.6 is 11.6 Å². The molecule has 1 aliphatic rings. The molecule has 2 N–H and O–H groups in total. The smallest absolute Gasteiger partial charge is 0.269 e. The Labute approximate surface area is 156 Å². The lowest BCUT2D eigenvalue weighted by Crippen LogP contribution is -2.45. The van der Waals surface area contributed by atoms with Crippen molar-refractivity contribution in [1.29, 1.82) is 0 Å². The molecular weight excluding hydrogens is 354 g/mol. The molecule has 26 heavy (non-hydrogen) atoms. The van der Waals surface area contributed by atoms with Crippen molar-refractivity contribution < 1.29 is 14.4 Å². The number of hydrogen-bond donors (Lipinski definition) is 2. The van der Waals surface area contributed by atoms with Crippen LogP contribution in [-0.2, 0) is 9.59 Å². The molecule has 7 heteroatoms. The van der Waals surface area contributed by atoms with Crippen molar-refractivity contribution in [3.63, 3.8) is 0 Å². The highest BCUT2D eigenvalue weighted by Crippen LogP contribution is 2.25. The fourth-order valence-corrected chi connectivity index (χ4v) is 2.95. The molecule has 3 rings (SSSR count). The van der Waals surface area contributed by atoms with Crippen LogP contribution in [0.4, 0.5) is 5.69 Å². The highest BCUT2D eigenvalue weighted by Gasteiger charge is 2.35. The van der Waals surface area contributed by atoms with E-state index in [2.05, 4.69) is 10.9 Å². The van der Waals surface area contributed by atoms with Gasteiger partial charge in [0.2, 0.25) is 11.8 Å².